The van der Waals surface area contributed by atoms with E-state index in [1.54, 1.807) is 11.3 Å². The lowest BCUT2D eigenvalue weighted by atomic mass is 10.3. The number of imidazole rings is 1. The highest BCUT2D eigenvalue weighted by Crippen LogP contribution is 2.12. The van der Waals surface area contributed by atoms with Gasteiger partial charge in [-0.05, 0) is 32.0 Å². The van der Waals surface area contributed by atoms with Crippen LogP contribution in [0.2, 0.25) is 0 Å². The fourth-order valence-corrected chi connectivity index (χ4v) is 3.03. The first-order valence-electron chi connectivity index (χ1n) is 6.85. The minimum absolute atomic E-state index is 0.913. The highest BCUT2D eigenvalue weighted by molar-refractivity contribution is 7.11. The second kappa shape index (κ2) is 6.15. The van der Waals surface area contributed by atoms with Gasteiger partial charge in [-0.3, -0.25) is 0 Å². The number of para-hydroxylation sites is 2. The third-order valence-corrected chi connectivity index (χ3v) is 4.16. The van der Waals surface area contributed by atoms with Crippen LogP contribution < -0.4 is 5.32 Å². The van der Waals surface area contributed by atoms with E-state index in [9.17, 15) is 0 Å². The van der Waals surface area contributed by atoms with E-state index in [0.29, 0.717) is 0 Å². The Balaban J connectivity index is 1.46. The summed E-state index contributed by atoms with van der Waals surface area (Å²) in [7, 11) is 0. The van der Waals surface area contributed by atoms with Crippen LogP contribution in [0.15, 0.2) is 36.8 Å². The fraction of sp³-hybridized carbons (Fsp3) is 0.333. The second-order valence-electron chi connectivity index (χ2n) is 4.80. The normalized spacial score (nSPS) is 11.2. The molecular formula is C15H18N4S. The first-order chi connectivity index (χ1) is 9.83. The molecule has 0 amide bonds. The van der Waals surface area contributed by atoms with Crippen molar-refractivity contribution >= 4 is 22.4 Å². The van der Waals surface area contributed by atoms with Gasteiger partial charge < -0.3 is 9.88 Å². The Kier molecular flexibility index (Phi) is 4.08. The molecular weight excluding hydrogens is 268 g/mol. The van der Waals surface area contributed by atoms with Crippen molar-refractivity contribution in [3.63, 3.8) is 0 Å². The predicted octanol–water partition coefficient (Wildman–Crippen LogP) is 2.98. The highest BCUT2D eigenvalue weighted by Gasteiger charge is 2.01. The molecule has 2 heterocycles. The van der Waals surface area contributed by atoms with Crippen molar-refractivity contribution in [1.82, 2.24) is 19.9 Å². The zero-order valence-electron chi connectivity index (χ0n) is 11.5. The molecule has 0 aliphatic carbocycles. The summed E-state index contributed by atoms with van der Waals surface area (Å²) in [5.74, 6) is 0. The fourth-order valence-electron chi connectivity index (χ4n) is 2.26. The number of fused-ring (bicyclic) bond motifs is 1. The van der Waals surface area contributed by atoms with Gasteiger partial charge in [0.15, 0.2) is 0 Å². The number of aromatic nitrogens is 3. The standard InChI is InChI=1S/C15H18N4S/c1-12-17-10-13(20-12)9-16-7-4-8-19-11-18-14-5-2-3-6-15(14)19/h2-3,5-6,10-11,16H,4,7-9H2,1H3. The molecule has 0 saturated carbocycles. The topological polar surface area (TPSA) is 42.7 Å². The Hall–Kier alpha value is -1.72. The van der Waals surface area contributed by atoms with E-state index < -0.39 is 0 Å². The molecule has 0 atom stereocenters. The van der Waals surface area contributed by atoms with Crippen LogP contribution in [0.25, 0.3) is 11.0 Å². The van der Waals surface area contributed by atoms with Gasteiger partial charge in [0.25, 0.3) is 0 Å². The molecule has 0 aliphatic heterocycles. The van der Waals surface area contributed by atoms with Gasteiger partial charge in [0.05, 0.1) is 22.4 Å². The molecule has 104 valence electrons. The average Bonchev–Trinajstić information content (AvgIpc) is 3.05. The van der Waals surface area contributed by atoms with Crippen LogP contribution in [0.5, 0.6) is 0 Å². The summed E-state index contributed by atoms with van der Waals surface area (Å²) in [6, 6.07) is 8.26. The van der Waals surface area contributed by atoms with Crippen molar-refractivity contribution < 1.29 is 0 Å². The Morgan fingerprint density at radius 1 is 1.25 bits per heavy atom. The summed E-state index contributed by atoms with van der Waals surface area (Å²) in [4.78, 5) is 9.96. The first-order valence-corrected chi connectivity index (χ1v) is 7.66. The maximum atomic E-state index is 4.40. The molecule has 1 N–H and O–H groups in total. The Labute approximate surface area is 122 Å². The third-order valence-electron chi connectivity index (χ3n) is 3.25. The van der Waals surface area contributed by atoms with Crippen molar-refractivity contribution in [2.45, 2.75) is 26.4 Å². The third kappa shape index (κ3) is 3.05. The molecule has 2 aromatic heterocycles. The number of hydrogen-bond acceptors (Lipinski definition) is 4. The van der Waals surface area contributed by atoms with E-state index in [4.69, 9.17) is 0 Å². The molecule has 0 bridgehead atoms. The van der Waals surface area contributed by atoms with Crippen LogP contribution in [0.4, 0.5) is 0 Å². The minimum Gasteiger partial charge on any atom is -0.331 e. The Bertz CT molecular complexity index is 686. The smallest absolute Gasteiger partial charge is 0.0958 e. The average molecular weight is 286 g/mol. The van der Waals surface area contributed by atoms with Crippen molar-refractivity contribution in [3.8, 4) is 0 Å². The molecule has 0 unspecified atom stereocenters. The number of nitrogens with zero attached hydrogens (tertiary/aromatic N) is 3. The van der Waals surface area contributed by atoms with Gasteiger partial charge in [-0.2, -0.15) is 0 Å². The molecule has 4 nitrogen and oxygen atoms in total. The number of aryl methyl sites for hydroxylation is 2. The SMILES string of the molecule is Cc1ncc(CNCCCn2cnc3ccccc32)s1. The minimum atomic E-state index is 0.913. The number of benzene rings is 1. The summed E-state index contributed by atoms with van der Waals surface area (Å²) in [6.45, 7) is 4.95. The lowest BCUT2D eigenvalue weighted by Crippen LogP contribution is -2.15. The molecule has 3 aromatic rings. The van der Waals surface area contributed by atoms with E-state index in [0.717, 1.165) is 36.6 Å². The Morgan fingerprint density at radius 3 is 3.00 bits per heavy atom. The number of nitrogens with one attached hydrogen (secondary N) is 1. The van der Waals surface area contributed by atoms with Crippen LogP contribution >= 0.6 is 11.3 Å². The molecule has 0 aliphatic rings. The molecule has 0 spiro atoms. The van der Waals surface area contributed by atoms with Crippen LogP contribution in [0, 0.1) is 6.92 Å². The summed E-state index contributed by atoms with van der Waals surface area (Å²) in [5, 5.41) is 4.59. The van der Waals surface area contributed by atoms with Crippen molar-refractivity contribution in [2.24, 2.45) is 0 Å². The second-order valence-corrected chi connectivity index (χ2v) is 6.12. The monoisotopic (exact) mass is 286 g/mol. The van der Waals surface area contributed by atoms with Gasteiger partial charge in [-0.25, -0.2) is 9.97 Å². The van der Waals surface area contributed by atoms with Crippen molar-refractivity contribution in [3.05, 3.63) is 46.7 Å². The van der Waals surface area contributed by atoms with Gasteiger partial charge in [0.1, 0.15) is 0 Å². The summed E-state index contributed by atoms with van der Waals surface area (Å²) >= 11 is 1.76. The zero-order chi connectivity index (χ0) is 13.8. The van der Waals surface area contributed by atoms with Crippen molar-refractivity contribution in [2.75, 3.05) is 6.54 Å². The first kappa shape index (κ1) is 13.3. The van der Waals surface area contributed by atoms with E-state index in [2.05, 4.69) is 38.1 Å². The van der Waals surface area contributed by atoms with Crippen LogP contribution in [-0.2, 0) is 13.1 Å². The van der Waals surface area contributed by atoms with Crippen LogP contribution in [0.3, 0.4) is 0 Å². The van der Waals surface area contributed by atoms with E-state index >= 15 is 0 Å². The number of thiazole rings is 1. The summed E-state index contributed by atoms with van der Waals surface area (Å²) in [6.07, 6.45) is 4.98. The quantitative estimate of drug-likeness (QED) is 0.708. The molecule has 1 aromatic carbocycles. The number of hydrogen-bond donors (Lipinski definition) is 1. The lowest BCUT2D eigenvalue weighted by molar-refractivity contribution is 0.591. The van der Waals surface area contributed by atoms with Crippen LogP contribution in [-0.4, -0.2) is 21.1 Å². The van der Waals surface area contributed by atoms with E-state index in [1.165, 1.54) is 10.4 Å². The zero-order valence-corrected chi connectivity index (χ0v) is 12.4. The summed E-state index contributed by atoms with van der Waals surface area (Å²) < 4.78 is 2.22. The number of rotatable bonds is 6. The Morgan fingerprint density at radius 2 is 2.15 bits per heavy atom. The molecule has 0 saturated heterocycles. The largest absolute Gasteiger partial charge is 0.331 e. The molecule has 3 rings (SSSR count). The van der Waals surface area contributed by atoms with Gasteiger partial charge in [-0.1, -0.05) is 12.1 Å². The lowest BCUT2D eigenvalue weighted by Gasteiger charge is -2.05. The van der Waals surface area contributed by atoms with Crippen LogP contribution in [0.1, 0.15) is 16.3 Å². The van der Waals surface area contributed by atoms with Gasteiger partial charge in [0.2, 0.25) is 0 Å². The molecule has 0 fully saturated rings. The van der Waals surface area contributed by atoms with E-state index in [1.807, 2.05) is 25.5 Å². The molecule has 0 radical (unpaired) electrons. The predicted molar refractivity (Wildman–Crippen MR) is 82.9 cm³/mol. The van der Waals surface area contributed by atoms with Gasteiger partial charge in [0, 0.05) is 24.2 Å². The molecule has 20 heavy (non-hydrogen) atoms. The maximum absolute atomic E-state index is 4.40. The van der Waals surface area contributed by atoms with E-state index in [-0.39, 0.29) is 0 Å². The van der Waals surface area contributed by atoms with Gasteiger partial charge >= 0.3 is 0 Å². The highest BCUT2D eigenvalue weighted by atomic mass is 32.1. The maximum Gasteiger partial charge on any atom is 0.0958 e. The van der Waals surface area contributed by atoms with Crippen molar-refractivity contribution in [1.29, 1.82) is 0 Å². The van der Waals surface area contributed by atoms with Gasteiger partial charge in [-0.15, -0.1) is 11.3 Å². The summed E-state index contributed by atoms with van der Waals surface area (Å²) in [5.41, 5.74) is 2.28. The molecule has 5 heteroatoms.